The molecule has 0 amide bonds. The van der Waals surface area contributed by atoms with Crippen molar-refractivity contribution in [3.05, 3.63) is 18.3 Å². The molecule has 2 N–H and O–H groups in total. The van der Waals surface area contributed by atoms with Gasteiger partial charge in [0, 0.05) is 45.5 Å². The summed E-state index contributed by atoms with van der Waals surface area (Å²) in [6, 6.07) is 4.25. The van der Waals surface area contributed by atoms with Crippen LogP contribution in [0, 0.1) is 0 Å². The third kappa shape index (κ3) is 2.91. The third-order valence-corrected chi connectivity index (χ3v) is 3.46. The van der Waals surface area contributed by atoms with Crippen LogP contribution in [0.2, 0.25) is 0 Å². The summed E-state index contributed by atoms with van der Waals surface area (Å²) < 4.78 is 5.20. The minimum absolute atomic E-state index is 0.471. The fourth-order valence-corrected chi connectivity index (χ4v) is 2.39. The second-order valence-electron chi connectivity index (χ2n) is 4.74. The van der Waals surface area contributed by atoms with E-state index in [2.05, 4.69) is 21.7 Å². The van der Waals surface area contributed by atoms with Crippen molar-refractivity contribution in [1.29, 1.82) is 0 Å². The van der Waals surface area contributed by atoms with Gasteiger partial charge in [0.2, 0.25) is 0 Å². The lowest BCUT2D eigenvalue weighted by Gasteiger charge is -2.38. The summed E-state index contributed by atoms with van der Waals surface area (Å²) in [6.45, 7) is 6.98. The predicted molar refractivity (Wildman–Crippen MR) is 73.8 cm³/mol. The van der Waals surface area contributed by atoms with Gasteiger partial charge in [-0.2, -0.15) is 0 Å². The first-order valence-corrected chi connectivity index (χ1v) is 6.41. The first-order valence-electron chi connectivity index (χ1n) is 6.41. The van der Waals surface area contributed by atoms with Gasteiger partial charge in [0.1, 0.15) is 0 Å². The summed E-state index contributed by atoms with van der Waals surface area (Å²) in [4.78, 5) is 9.06. The van der Waals surface area contributed by atoms with Crippen LogP contribution in [0.25, 0.3) is 0 Å². The zero-order chi connectivity index (χ0) is 13.0. The number of methoxy groups -OCH3 is 1. The van der Waals surface area contributed by atoms with Crippen molar-refractivity contribution in [1.82, 2.24) is 9.88 Å². The lowest BCUT2D eigenvalue weighted by molar-refractivity contribution is 0.0952. The predicted octanol–water partition coefficient (Wildman–Crippen LogP) is 0.821. The van der Waals surface area contributed by atoms with Gasteiger partial charge in [0.05, 0.1) is 12.3 Å². The minimum Gasteiger partial charge on any atom is -0.396 e. The van der Waals surface area contributed by atoms with Crippen LogP contribution in [0.1, 0.15) is 6.92 Å². The van der Waals surface area contributed by atoms with Gasteiger partial charge in [-0.15, -0.1) is 0 Å². The monoisotopic (exact) mass is 250 g/mol. The quantitative estimate of drug-likeness (QED) is 0.857. The fraction of sp³-hybridized carbons (Fsp3) is 0.615. The highest BCUT2D eigenvalue weighted by molar-refractivity contribution is 5.62. The van der Waals surface area contributed by atoms with E-state index >= 15 is 0 Å². The molecule has 0 bridgehead atoms. The van der Waals surface area contributed by atoms with Gasteiger partial charge < -0.3 is 15.4 Å². The number of nitrogens with two attached hydrogens (primary N) is 1. The largest absolute Gasteiger partial charge is 0.396 e. The highest BCUT2D eigenvalue weighted by Gasteiger charge is 2.22. The Morgan fingerprint density at radius 3 is 2.72 bits per heavy atom. The van der Waals surface area contributed by atoms with E-state index in [1.54, 1.807) is 13.3 Å². The van der Waals surface area contributed by atoms with E-state index < -0.39 is 0 Å². The van der Waals surface area contributed by atoms with Crippen molar-refractivity contribution in [3.8, 4) is 0 Å². The maximum atomic E-state index is 5.96. The van der Waals surface area contributed by atoms with E-state index in [-0.39, 0.29) is 0 Å². The molecule has 0 aromatic carbocycles. The molecule has 1 unspecified atom stereocenters. The average Bonchev–Trinajstić information content (AvgIpc) is 2.40. The lowest BCUT2D eigenvalue weighted by atomic mass is 10.2. The Morgan fingerprint density at radius 1 is 1.39 bits per heavy atom. The summed E-state index contributed by atoms with van der Waals surface area (Å²) >= 11 is 0. The van der Waals surface area contributed by atoms with Crippen molar-refractivity contribution in [2.75, 3.05) is 50.5 Å². The number of nitrogens with zero attached hydrogens (tertiary/aromatic N) is 3. The number of nitrogen functional groups attached to an aromatic ring is 1. The van der Waals surface area contributed by atoms with Gasteiger partial charge >= 0.3 is 0 Å². The number of pyridine rings is 1. The molecule has 0 aliphatic carbocycles. The highest BCUT2D eigenvalue weighted by Crippen LogP contribution is 2.20. The number of ether oxygens (including phenoxy) is 1. The normalized spacial score (nSPS) is 18.9. The van der Waals surface area contributed by atoms with Gasteiger partial charge in [-0.05, 0) is 19.1 Å². The van der Waals surface area contributed by atoms with E-state index in [1.807, 2.05) is 12.1 Å². The summed E-state index contributed by atoms with van der Waals surface area (Å²) in [7, 11) is 1.75. The zero-order valence-corrected chi connectivity index (χ0v) is 11.2. The number of anilines is 2. The molecule has 1 aromatic rings. The second kappa shape index (κ2) is 6.02. The molecular formula is C13H22N4O. The van der Waals surface area contributed by atoms with Crippen LogP contribution in [0.15, 0.2) is 18.3 Å². The van der Waals surface area contributed by atoms with Crippen molar-refractivity contribution in [3.63, 3.8) is 0 Å². The molecule has 5 heteroatoms. The van der Waals surface area contributed by atoms with Crippen molar-refractivity contribution in [2.45, 2.75) is 13.0 Å². The number of hydrogen-bond acceptors (Lipinski definition) is 5. The summed E-state index contributed by atoms with van der Waals surface area (Å²) in [5, 5.41) is 0. The lowest BCUT2D eigenvalue weighted by Crippen LogP contribution is -2.51. The minimum atomic E-state index is 0.471. The summed E-state index contributed by atoms with van der Waals surface area (Å²) in [5.41, 5.74) is 6.72. The molecule has 18 heavy (non-hydrogen) atoms. The van der Waals surface area contributed by atoms with E-state index in [1.165, 1.54) is 0 Å². The molecule has 2 rings (SSSR count). The maximum Gasteiger partial charge on any atom is 0.151 e. The molecule has 0 spiro atoms. The molecular weight excluding hydrogens is 228 g/mol. The molecule has 2 heterocycles. The van der Waals surface area contributed by atoms with Crippen LogP contribution < -0.4 is 10.6 Å². The van der Waals surface area contributed by atoms with Crippen LogP contribution in [0.4, 0.5) is 11.5 Å². The van der Waals surface area contributed by atoms with Crippen LogP contribution in [-0.2, 0) is 4.74 Å². The molecule has 1 atom stereocenters. The number of rotatable bonds is 4. The third-order valence-electron chi connectivity index (χ3n) is 3.46. The molecule has 0 saturated carbocycles. The Kier molecular flexibility index (Phi) is 4.38. The molecule has 1 fully saturated rings. The molecule has 1 saturated heterocycles. The van der Waals surface area contributed by atoms with E-state index in [0.29, 0.717) is 6.04 Å². The molecule has 5 nitrogen and oxygen atoms in total. The van der Waals surface area contributed by atoms with Crippen molar-refractivity contribution < 1.29 is 4.74 Å². The zero-order valence-electron chi connectivity index (χ0n) is 11.2. The Labute approximate surface area is 109 Å². The van der Waals surface area contributed by atoms with Gasteiger partial charge in [-0.1, -0.05) is 0 Å². The SMILES string of the molecule is COCC(C)N1CCN(c2ncccc2N)CC1. The Hall–Kier alpha value is -1.33. The van der Waals surface area contributed by atoms with E-state index in [9.17, 15) is 0 Å². The maximum absolute atomic E-state index is 5.96. The van der Waals surface area contributed by atoms with Crippen LogP contribution >= 0.6 is 0 Å². The molecule has 0 radical (unpaired) electrons. The van der Waals surface area contributed by atoms with Gasteiger partial charge in [-0.25, -0.2) is 4.98 Å². The van der Waals surface area contributed by atoms with Crippen molar-refractivity contribution in [2.24, 2.45) is 0 Å². The standard InChI is InChI=1S/C13H22N4O/c1-11(10-18-2)16-6-8-17(9-7-16)13-12(14)4-3-5-15-13/h3-5,11H,6-10,14H2,1-2H3. The highest BCUT2D eigenvalue weighted by atomic mass is 16.5. The van der Waals surface area contributed by atoms with E-state index in [0.717, 1.165) is 44.3 Å². The molecule has 1 aliphatic rings. The van der Waals surface area contributed by atoms with Gasteiger partial charge in [-0.3, -0.25) is 4.90 Å². The first-order chi connectivity index (χ1) is 8.72. The fourth-order valence-electron chi connectivity index (χ4n) is 2.39. The number of aromatic nitrogens is 1. The van der Waals surface area contributed by atoms with Crippen LogP contribution in [-0.4, -0.2) is 55.8 Å². The van der Waals surface area contributed by atoms with E-state index in [4.69, 9.17) is 10.5 Å². The van der Waals surface area contributed by atoms with Gasteiger partial charge in [0.15, 0.2) is 5.82 Å². The molecule has 1 aliphatic heterocycles. The smallest absolute Gasteiger partial charge is 0.151 e. The Balaban J connectivity index is 1.93. The summed E-state index contributed by atoms with van der Waals surface area (Å²) in [5.74, 6) is 0.913. The molecule has 1 aromatic heterocycles. The first kappa shape index (κ1) is 13.1. The topological polar surface area (TPSA) is 54.6 Å². The average molecular weight is 250 g/mol. The number of piperazine rings is 1. The van der Waals surface area contributed by atoms with Gasteiger partial charge in [0.25, 0.3) is 0 Å². The van der Waals surface area contributed by atoms with Crippen molar-refractivity contribution >= 4 is 11.5 Å². The second-order valence-corrected chi connectivity index (χ2v) is 4.74. The van der Waals surface area contributed by atoms with Crippen LogP contribution in [0.3, 0.4) is 0 Å². The van der Waals surface area contributed by atoms with Crippen LogP contribution in [0.5, 0.6) is 0 Å². The Morgan fingerprint density at radius 2 is 2.11 bits per heavy atom. The summed E-state index contributed by atoms with van der Waals surface area (Å²) in [6.07, 6.45) is 1.80. The number of hydrogen-bond donors (Lipinski definition) is 1. The Bertz CT molecular complexity index is 377. The molecule has 100 valence electrons.